The number of thioether (sulfide) groups is 1. The smallest absolute Gasteiger partial charge is 0.267 e. The van der Waals surface area contributed by atoms with Gasteiger partial charge in [0, 0.05) is 12.7 Å². The summed E-state index contributed by atoms with van der Waals surface area (Å²) in [5.74, 6) is 0.894. The molecule has 1 amide bonds. The number of carbonyl (C=O) groups excluding carboxylic acids is 1. The van der Waals surface area contributed by atoms with E-state index in [0.717, 1.165) is 12.8 Å². The summed E-state index contributed by atoms with van der Waals surface area (Å²) in [5.41, 5.74) is 1.75. The fourth-order valence-electron chi connectivity index (χ4n) is 3.86. The molecule has 35 heavy (non-hydrogen) atoms. The maximum Gasteiger partial charge on any atom is 0.267 e. The second-order valence-electron chi connectivity index (χ2n) is 7.96. The first-order valence-electron chi connectivity index (χ1n) is 11.2. The third-order valence-corrected chi connectivity index (χ3v) is 7.00. The maximum absolute atomic E-state index is 13.3. The highest BCUT2D eigenvalue weighted by Crippen LogP contribution is 2.33. The molecular weight excluding hydrogens is 480 g/mol. The summed E-state index contributed by atoms with van der Waals surface area (Å²) in [7, 11) is 0. The van der Waals surface area contributed by atoms with Crippen LogP contribution in [0.15, 0.2) is 87.2 Å². The number of amides is 1. The van der Waals surface area contributed by atoms with Gasteiger partial charge in [-0.05, 0) is 48.7 Å². The van der Waals surface area contributed by atoms with Crippen LogP contribution in [0.4, 0.5) is 5.82 Å². The Hall–Kier alpha value is -3.69. The average molecular weight is 503 g/mol. The molecule has 0 aliphatic carbocycles. The summed E-state index contributed by atoms with van der Waals surface area (Å²) in [6.07, 6.45) is 6.49. The standard InChI is InChI=1S/C26H22N4O3S2/c31-24-20(23(27-17-19-11-7-15-33-19)28-22-12-4-5-13-29(22)24)16-21-25(32)30(26(34)35-21)14-6-10-18-8-2-1-3-9-18/h1-5,7-9,11-13,15-16,27H,6,10,14,17H2/b21-16-. The molecular formula is C26H22N4O3S2. The number of nitrogens with one attached hydrogen (secondary N) is 1. The number of furan rings is 1. The van der Waals surface area contributed by atoms with Crippen LogP contribution in [-0.2, 0) is 17.8 Å². The summed E-state index contributed by atoms with van der Waals surface area (Å²) in [5, 5.41) is 3.18. The van der Waals surface area contributed by atoms with Gasteiger partial charge in [-0.3, -0.25) is 18.9 Å². The SMILES string of the molecule is O=C1/C(=C/c2c(NCc3ccco3)nc3ccccn3c2=O)SC(=S)N1CCCc1ccccc1. The van der Waals surface area contributed by atoms with E-state index in [-0.39, 0.29) is 11.5 Å². The number of nitrogens with zero attached hydrogens (tertiary/aromatic N) is 3. The van der Waals surface area contributed by atoms with Gasteiger partial charge >= 0.3 is 0 Å². The highest BCUT2D eigenvalue weighted by molar-refractivity contribution is 8.26. The Morgan fingerprint density at radius 3 is 2.69 bits per heavy atom. The van der Waals surface area contributed by atoms with Crippen molar-refractivity contribution >= 4 is 51.7 Å². The van der Waals surface area contributed by atoms with Crippen molar-refractivity contribution in [2.75, 3.05) is 11.9 Å². The molecule has 1 N–H and O–H groups in total. The highest BCUT2D eigenvalue weighted by Gasteiger charge is 2.32. The number of thiocarbonyl (C=S) groups is 1. The molecule has 1 saturated heterocycles. The first-order valence-corrected chi connectivity index (χ1v) is 12.4. The van der Waals surface area contributed by atoms with Crippen molar-refractivity contribution in [3.05, 3.63) is 105 Å². The minimum atomic E-state index is -0.271. The number of rotatable bonds is 8. The van der Waals surface area contributed by atoms with E-state index in [2.05, 4.69) is 22.4 Å². The van der Waals surface area contributed by atoms with E-state index in [1.807, 2.05) is 30.3 Å². The topological polar surface area (TPSA) is 79.9 Å². The van der Waals surface area contributed by atoms with Crippen LogP contribution in [0.2, 0.25) is 0 Å². The predicted molar refractivity (Wildman–Crippen MR) is 142 cm³/mol. The van der Waals surface area contributed by atoms with E-state index >= 15 is 0 Å². The van der Waals surface area contributed by atoms with Gasteiger partial charge in [0.25, 0.3) is 11.5 Å². The van der Waals surface area contributed by atoms with Crippen molar-refractivity contribution in [3.63, 3.8) is 0 Å². The number of carbonyl (C=O) groups is 1. The van der Waals surface area contributed by atoms with Gasteiger partial charge in [-0.25, -0.2) is 4.98 Å². The number of fused-ring (bicyclic) bond motifs is 1. The van der Waals surface area contributed by atoms with Crippen LogP contribution in [0.5, 0.6) is 0 Å². The van der Waals surface area contributed by atoms with Gasteiger partial charge in [0.1, 0.15) is 21.5 Å². The van der Waals surface area contributed by atoms with Crippen molar-refractivity contribution < 1.29 is 9.21 Å². The zero-order chi connectivity index (χ0) is 24.2. The molecule has 1 fully saturated rings. The minimum Gasteiger partial charge on any atom is -0.467 e. The normalized spacial score (nSPS) is 14.9. The Balaban J connectivity index is 1.41. The summed E-state index contributed by atoms with van der Waals surface area (Å²) in [6.45, 7) is 0.874. The third kappa shape index (κ3) is 5.06. The molecule has 1 aliphatic rings. The number of benzene rings is 1. The van der Waals surface area contributed by atoms with Gasteiger partial charge in [-0.1, -0.05) is 60.4 Å². The van der Waals surface area contributed by atoms with Gasteiger partial charge in [0.15, 0.2) is 0 Å². The highest BCUT2D eigenvalue weighted by atomic mass is 32.2. The van der Waals surface area contributed by atoms with Gasteiger partial charge in [0.05, 0.1) is 23.3 Å². The second kappa shape index (κ2) is 10.3. The Morgan fingerprint density at radius 2 is 1.89 bits per heavy atom. The minimum absolute atomic E-state index is 0.192. The predicted octanol–water partition coefficient (Wildman–Crippen LogP) is 4.73. The van der Waals surface area contributed by atoms with Gasteiger partial charge < -0.3 is 9.73 Å². The van der Waals surface area contributed by atoms with Crippen molar-refractivity contribution in [1.82, 2.24) is 14.3 Å². The number of aryl methyl sites for hydroxylation is 1. The molecule has 0 spiro atoms. The van der Waals surface area contributed by atoms with Crippen molar-refractivity contribution in [3.8, 4) is 0 Å². The first-order chi connectivity index (χ1) is 17.1. The zero-order valence-corrected chi connectivity index (χ0v) is 20.3. The van der Waals surface area contributed by atoms with Crippen molar-refractivity contribution in [2.45, 2.75) is 19.4 Å². The molecule has 4 heterocycles. The summed E-state index contributed by atoms with van der Waals surface area (Å²) >= 11 is 6.70. The molecule has 176 valence electrons. The van der Waals surface area contributed by atoms with E-state index in [9.17, 15) is 9.59 Å². The van der Waals surface area contributed by atoms with Crippen LogP contribution in [0, 0.1) is 0 Å². The molecule has 1 aromatic carbocycles. The Kier molecular flexibility index (Phi) is 6.78. The molecule has 4 aromatic rings. The molecule has 5 rings (SSSR count). The van der Waals surface area contributed by atoms with E-state index < -0.39 is 0 Å². The molecule has 7 nitrogen and oxygen atoms in total. The monoisotopic (exact) mass is 502 g/mol. The number of anilines is 1. The van der Waals surface area contributed by atoms with E-state index in [1.54, 1.807) is 41.6 Å². The molecule has 0 bridgehead atoms. The summed E-state index contributed by atoms with van der Waals surface area (Å²) in [4.78, 5) is 33.2. The van der Waals surface area contributed by atoms with Crippen LogP contribution in [0.25, 0.3) is 11.7 Å². The van der Waals surface area contributed by atoms with Gasteiger partial charge in [-0.2, -0.15) is 0 Å². The molecule has 1 aliphatic heterocycles. The van der Waals surface area contributed by atoms with Crippen LogP contribution in [0.3, 0.4) is 0 Å². The van der Waals surface area contributed by atoms with E-state index in [0.29, 0.717) is 45.1 Å². The van der Waals surface area contributed by atoms with E-state index in [4.69, 9.17) is 16.6 Å². The van der Waals surface area contributed by atoms with Gasteiger partial charge in [-0.15, -0.1) is 0 Å². The Morgan fingerprint density at radius 1 is 1.06 bits per heavy atom. The number of aromatic nitrogens is 2. The third-order valence-electron chi connectivity index (χ3n) is 5.62. The first kappa shape index (κ1) is 23.1. The fraction of sp³-hybridized carbons (Fsp3) is 0.154. The molecule has 0 atom stereocenters. The van der Waals surface area contributed by atoms with Crippen molar-refractivity contribution in [2.24, 2.45) is 0 Å². The molecule has 0 saturated carbocycles. The lowest BCUT2D eigenvalue weighted by atomic mass is 10.1. The van der Waals surface area contributed by atoms with Crippen LogP contribution in [-0.4, -0.2) is 31.1 Å². The van der Waals surface area contributed by atoms with E-state index in [1.165, 1.54) is 21.7 Å². The second-order valence-corrected chi connectivity index (χ2v) is 9.64. The molecule has 0 unspecified atom stereocenters. The summed E-state index contributed by atoms with van der Waals surface area (Å²) < 4.78 is 7.35. The quantitative estimate of drug-likeness (QED) is 0.276. The number of pyridine rings is 1. The zero-order valence-electron chi connectivity index (χ0n) is 18.7. The Bertz CT molecular complexity index is 1460. The fourth-order valence-corrected chi connectivity index (χ4v) is 5.15. The average Bonchev–Trinajstić information content (AvgIpc) is 3.49. The Labute approximate surface area is 211 Å². The lowest BCUT2D eigenvalue weighted by molar-refractivity contribution is -0.122. The molecule has 9 heteroatoms. The molecule has 3 aromatic heterocycles. The van der Waals surface area contributed by atoms with Crippen molar-refractivity contribution in [1.29, 1.82) is 0 Å². The van der Waals surface area contributed by atoms with Gasteiger partial charge in [0.2, 0.25) is 0 Å². The van der Waals surface area contributed by atoms with Crippen LogP contribution >= 0.6 is 24.0 Å². The lowest BCUT2D eigenvalue weighted by Gasteiger charge is -2.14. The maximum atomic E-state index is 13.3. The molecule has 0 radical (unpaired) electrons. The number of hydrogen-bond donors (Lipinski definition) is 1. The number of hydrogen-bond acceptors (Lipinski definition) is 7. The lowest BCUT2D eigenvalue weighted by Crippen LogP contribution is -2.29. The summed E-state index contributed by atoms with van der Waals surface area (Å²) in [6, 6.07) is 19.1. The van der Waals surface area contributed by atoms with Crippen LogP contribution in [0.1, 0.15) is 23.3 Å². The van der Waals surface area contributed by atoms with Crippen LogP contribution < -0.4 is 10.9 Å². The largest absolute Gasteiger partial charge is 0.467 e.